The summed E-state index contributed by atoms with van der Waals surface area (Å²) in [7, 11) is 0.382. The van der Waals surface area contributed by atoms with E-state index < -0.39 is 10.0 Å². The van der Waals surface area contributed by atoms with Crippen molar-refractivity contribution in [1.29, 1.82) is 0 Å². The topological polar surface area (TPSA) is 73.8 Å². The van der Waals surface area contributed by atoms with E-state index >= 15 is 0 Å². The van der Waals surface area contributed by atoms with Gasteiger partial charge in [0.15, 0.2) is 5.13 Å². The van der Waals surface area contributed by atoms with Crippen LogP contribution in [0.1, 0.15) is 47.2 Å². The van der Waals surface area contributed by atoms with Crippen LogP contribution in [0.3, 0.4) is 0 Å². The van der Waals surface area contributed by atoms with Crippen LogP contribution in [0.4, 0.5) is 5.13 Å². The molecule has 0 radical (unpaired) electrons. The van der Waals surface area contributed by atoms with Gasteiger partial charge in [0, 0.05) is 31.7 Å². The molecule has 4 rings (SSSR count). The van der Waals surface area contributed by atoms with Gasteiger partial charge in [-0.1, -0.05) is 30.2 Å². The lowest BCUT2D eigenvalue weighted by Gasteiger charge is -2.22. The Morgan fingerprint density at radius 3 is 2.22 bits per heavy atom. The first-order chi connectivity index (χ1) is 16.7. The lowest BCUT2D eigenvalue weighted by Crippen LogP contribution is -2.36. The molecule has 1 fully saturated rings. The Hall–Kier alpha value is -2.04. The van der Waals surface area contributed by atoms with Crippen molar-refractivity contribution in [1.82, 2.24) is 14.2 Å². The van der Waals surface area contributed by atoms with Gasteiger partial charge >= 0.3 is 0 Å². The summed E-state index contributed by atoms with van der Waals surface area (Å²) in [4.78, 5) is 22.4. The molecule has 0 bridgehead atoms. The van der Waals surface area contributed by atoms with E-state index in [0.717, 1.165) is 41.5 Å². The van der Waals surface area contributed by atoms with Crippen LogP contribution in [-0.4, -0.2) is 68.8 Å². The van der Waals surface area contributed by atoms with Crippen molar-refractivity contribution in [2.45, 2.75) is 44.4 Å². The zero-order chi connectivity index (χ0) is 25.2. The molecule has 1 aliphatic rings. The molecule has 3 aromatic rings. The molecule has 0 unspecified atom stereocenters. The Kier molecular flexibility index (Phi) is 9.51. The molecule has 1 amide bonds. The van der Waals surface area contributed by atoms with E-state index in [1.165, 1.54) is 16.9 Å². The highest BCUT2D eigenvalue weighted by Gasteiger charge is 2.27. The number of likely N-dealkylation sites (N-methyl/N-ethyl adjacent to an activating group) is 1. The Morgan fingerprint density at radius 1 is 0.972 bits per heavy atom. The molecule has 10 heteroatoms. The molecule has 1 aromatic heterocycles. The minimum absolute atomic E-state index is 0. The largest absolute Gasteiger partial charge is 0.308 e. The van der Waals surface area contributed by atoms with Crippen molar-refractivity contribution in [2.75, 3.05) is 45.2 Å². The van der Waals surface area contributed by atoms with E-state index in [1.807, 2.05) is 19.0 Å². The molecule has 0 spiro atoms. The first-order valence-corrected chi connectivity index (χ1v) is 14.4. The molecule has 36 heavy (non-hydrogen) atoms. The number of nitrogens with zero attached hydrogens (tertiary/aromatic N) is 4. The second kappa shape index (κ2) is 12.0. The first kappa shape index (κ1) is 28.5. The van der Waals surface area contributed by atoms with Gasteiger partial charge in [-0.2, -0.15) is 4.31 Å². The first-order valence-electron chi connectivity index (χ1n) is 12.1. The molecule has 7 nitrogen and oxygen atoms in total. The fourth-order valence-electron chi connectivity index (χ4n) is 4.27. The van der Waals surface area contributed by atoms with Gasteiger partial charge in [-0.15, -0.1) is 12.4 Å². The molecule has 0 atom stereocenters. The van der Waals surface area contributed by atoms with Crippen LogP contribution in [0, 0.1) is 13.8 Å². The summed E-state index contributed by atoms with van der Waals surface area (Å²) >= 11 is 1.50. The number of thiazole rings is 1. The highest BCUT2D eigenvalue weighted by molar-refractivity contribution is 7.89. The number of anilines is 1. The number of fused-ring (bicyclic) bond motifs is 1. The predicted octanol–water partition coefficient (Wildman–Crippen LogP) is 5.11. The van der Waals surface area contributed by atoms with Crippen LogP contribution in [-0.2, 0) is 10.0 Å². The quantitative estimate of drug-likeness (QED) is 0.409. The average Bonchev–Trinajstić information content (AvgIpc) is 3.07. The number of rotatable bonds is 7. The van der Waals surface area contributed by atoms with Crippen molar-refractivity contribution >= 4 is 55.0 Å². The molecule has 0 aliphatic carbocycles. The number of benzene rings is 2. The lowest BCUT2D eigenvalue weighted by molar-refractivity contribution is 0.0985. The van der Waals surface area contributed by atoms with Gasteiger partial charge < -0.3 is 4.90 Å². The fraction of sp³-hybridized carbons (Fsp3) is 0.462. The lowest BCUT2D eigenvalue weighted by atomic mass is 10.1. The monoisotopic (exact) mass is 550 g/mol. The minimum atomic E-state index is -3.56. The van der Waals surface area contributed by atoms with E-state index in [9.17, 15) is 13.2 Å². The van der Waals surface area contributed by atoms with Gasteiger partial charge in [0.1, 0.15) is 0 Å². The number of aromatic nitrogens is 1. The molecule has 196 valence electrons. The van der Waals surface area contributed by atoms with Gasteiger partial charge in [-0.3, -0.25) is 9.69 Å². The molecular weight excluding hydrogens is 516 g/mol. The predicted molar refractivity (Wildman–Crippen MR) is 150 cm³/mol. The standard InChI is InChI=1S/C26H34N4O3S2.ClH/c1-19-9-14-23-24(20(19)2)27-26(34-23)30(18-17-28(3)4)25(31)21-10-12-22(13-11-21)35(32,33)29-15-7-5-6-8-16-29;/h9-14H,5-8,15-18H2,1-4H3;1H. The van der Waals surface area contributed by atoms with Crippen LogP contribution in [0.15, 0.2) is 41.3 Å². The molecule has 2 heterocycles. The van der Waals surface area contributed by atoms with Crippen LogP contribution in [0.5, 0.6) is 0 Å². The number of amides is 1. The van der Waals surface area contributed by atoms with Crippen LogP contribution in [0.2, 0.25) is 0 Å². The van der Waals surface area contributed by atoms with Crippen molar-refractivity contribution in [3.8, 4) is 0 Å². The summed E-state index contributed by atoms with van der Waals surface area (Å²) in [6.45, 7) is 6.38. The molecular formula is C26H35ClN4O3S2. The molecule has 2 aromatic carbocycles. The van der Waals surface area contributed by atoms with Crippen LogP contribution < -0.4 is 4.90 Å². The maximum absolute atomic E-state index is 13.6. The summed E-state index contributed by atoms with van der Waals surface area (Å²) in [5.41, 5.74) is 3.66. The number of hydrogen-bond donors (Lipinski definition) is 0. The Balaban J connectivity index is 0.00000361. The van der Waals surface area contributed by atoms with Crippen molar-refractivity contribution < 1.29 is 13.2 Å². The SMILES string of the molecule is Cc1ccc2sc(N(CCN(C)C)C(=O)c3ccc(S(=O)(=O)N4CCCCCC4)cc3)nc2c1C.Cl. The van der Waals surface area contributed by atoms with Gasteiger partial charge in [0.25, 0.3) is 5.91 Å². The van der Waals surface area contributed by atoms with E-state index in [2.05, 4.69) is 26.0 Å². The number of halogens is 1. The normalized spacial score (nSPS) is 15.0. The number of carbonyl (C=O) groups excluding carboxylic acids is 1. The third kappa shape index (κ3) is 6.08. The molecule has 1 saturated heterocycles. The fourth-order valence-corrected chi connectivity index (χ4v) is 6.84. The van der Waals surface area contributed by atoms with Crippen LogP contribution >= 0.6 is 23.7 Å². The summed E-state index contributed by atoms with van der Waals surface area (Å²) in [6, 6.07) is 10.5. The second-order valence-corrected chi connectivity index (χ2v) is 12.4. The van der Waals surface area contributed by atoms with E-state index in [-0.39, 0.29) is 23.2 Å². The number of carbonyl (C=O) groups is 1. The summed E-state index contributed by atoms with van der Waals surface area (Å²) < 4.78 is 28.9. The highest BCUT2D eigenvalue weighted by atomic mass is 35.5. The van der Waals surface area contributed by atoms with Gasteiger partial charge in [0.05, 0.1) is 15.1 Å². The van der Waals surface area contributed by atoms with Gasteiger partial charge in [-0.25, -0.2) is 13.4 Å². The number of sulfonamides is 1. The summed E-state index contributed by atoms with van der Waals surface area (Å²) in [5.74, 6) is -0.181. The minimum Gasteiger partial charge on any atom is -0.308 e. The van der Waals surface area contributed by atoms with E-state index in [1.54, 1.807) is 33.5 Å². The van der Waals surface area contributed by atoms with Crippen molar-refractivity contribution in [3.05, 3.63) is 53.1 Å². The Morgan fingerprint density at radius 2 is 1.61 bits per heavy atom. The zero-order valence-corrected chi connectivity index (χ0v) is 23.8. The number of aryl methyl sites for hydroxylation is 2. The molecule has 0 N–H and O–H groups in total. The van der Waals surface area contributed by atoms with E-state index in [4.69, 9.17) is 4.98 Å². The third-order valence-corrected chi connectivity index (χ3v) is 9.58. The highest BCUT2D eigenvalue weighted by Crippen LogP contribution is 2.33. The maximum Gasteiger partial charge on any atom is 0.260 e. The maximum atomic E-state index is 13.6. The van der Waals surface area contributed by atoms with Gasteiger partial charge in [-0.05, 0) is 82.2 Å². The third-order valence-electron chi connectivity index (χ3n) is 6.62. The number of hydrogen-bond acceptors (Lipinski definition) is 6. The Bertz CT molecular complexity index is 1300. The van der Waals surface area contributed by atoms with Gasteiger partial charge in [0.2, 0.25) is 10.0 Å². The smallest absolute Gasteiger partial charge is 0.260 e. The second-order valence-electron chi connectivity index (χ2n) is 9.45. The van der Waals surface area contributed by atoms with Crippen molar-refractivity contribution in [2.24, 2.45) is 0 Å². The average molecular weight is 551 g/mol. The zero-order valence-electron chi connectivity index (χ0n) is 21.4. The molecule has 1 aliphatic heterocycles. The van der Waals surface area contributed by atoms with Crippen LogP contribution in [0.25, 0.3) is 10.2 Å². The molecule has 0 saturated carbocycles. The van der Waals surface area contributed by atoms with Crippen molar-refractivity contribution in [3.63, 3.8) is 0 Å². The summed E-state index contributed by atoms with van der Waals surface area (Å²) in [5, 5.41) is 0.654. The van der Waals surface area contributed by atoms with E-state index in [0.29, 0.717) is 36.9 Å². The Labute approximate surface area is 224 Å². The summed E-state index contributed by atoms with van der Waals surface area (Å²) in [6.07, 6.45) is 3.90.